The van der Waals surface area contributed by atoms with Crippen LogP contribution in [0.5, 0.6) is 0 Å². The van der Waals surface area contributed by atoms with E-state index in [0.717, 1.165) is 18.5 Å². The second-order valence-electron chi connectivity index (χ2n) is 5.19. The van der Waals surface area contributed by atoms with Crippen LogP contribution in [0.3, 0.4) is 0 Å². The van der Waals surface area contributed by atoms with Crippen LogP contribution < -0.4 is 5.32 Å². The standard InChI is InChI=1S/C17H17Cl2N/c1-2-20-17(13-8-5-9-15(18)16(13)19)14-10-11-6-3-4-7-12(11)14/h3-9,14,17,20H,2,10H2,1H3. The highest BCUT2D eigenvalue weighted by Gasteiger charge is 2.34. The SMILES string of the molecule is CCNC(c1cccc(Cl)c1Cl)C1Cc2ccccc21. The fraction of sp³-hybridized carbons (Fsp3) is 0.294. The maximum absolute atomic E-state index is 6.40. The van der Waals surface area contributed by atoms with Crippen LogP contribution in [0, 0.1) is 0 Å². The molecule has 3 rings (SSSR count). The lowest BCUT2D eigenvalue weighted by Gasteiger charge is -2.37. The van der Waals surface area contributed by atoms with Crippen LogP contribution in [0.15, 0.2) is 42.5 Å². The molecule has 1 N–H and O–H groups in total. The number of benzene rings is 2. The Hall–Kier alpha value is -1.02. The summed E-state index contributed by atoms with van der Waals surface area (Å²) in [5, 5.41) is 4.86. The minimum atomic E-state index is 0.223. The van der Waals surface area contributed by atoms with Gasteiger partial charge in [-0.05, 0) is 35.7 Å². The van der Waals surface area contributed by atoms with Crippen LogP contribution >= 0.6 is 23.2 Å². The predicted octanol–water partition coefficient (Wildman–Crippen LogP) is 4.98. The molecular weight excluding hydrogens is 289 g/mol. The van der Waals surface area contributed by atoms with Gasteiger partial charge in [-0.3, -0.25) is 0 Å². The number of hydrogen-bond acceptors (Lipinski definition) is 1. The van der Waals surface area contributed by atoms with Gasteiger partial charge in [-0.25, -0.2) is 0 Å². The molecule has 1 nitrogen and oxygen atoms in total. The lowest BCUT2D eigenvalue weighted by molar-refractivity contribution is 0.420. The van der Waals surface area contributed by atoms with E-state index in [4.69, 9.17) is 23.2 Å². The summed E-state index contributed by atoms with van der Waals surface area (Å²) in [6, 6.07) is 14.7. The number of fused-ring (bicyclic) bond motifs is 1. The van der Waals surface area contributed by atoms with E-state index in [9.17, 15) is 0 Å². The molecule has 0 radical (unpaired) electrons. The Morgan fingerprint density at radius 1 is 1.15 bits per heavy atom. The summed E-state index contributed by atoms with van der Waals surface area (Å²) >= 11 is 12.6. The van der Waals surface area contributed by atoms with E-state index in [1.807, 2.05) is 12.1 Å². The van der Waals surface area contributed by atoms with Crippen LogP contribution in [0.4, 0.5) is 0 Å². The highest BCUT2D eigenvalue weighted by atomic mass is 35.5. The van der Waals surface area contributed by atoms with Crippen molar-refractivity contribution in [3.05, 3.63) is 69.2 Å². The summed E-state index contributed by atoms with van der Waals surface area (Å²) in [4.78, 5) is 0. The van der Waals surface area contributed by atoms with Crippen molar-refractivity contribution >= 4 is 23.2 Å². The van der Waals surface area contributed by atoms with Crippen LogP contribution in [-0.4, -0.2) is 6.54 Å². The Morgan fingerprint density at radius 3 is 2.70 bits per heavy atom. The molecule has 104 valence electrons. The molecule has 0 fully saturated rings. The Morgan fingerprint density at radius 2 is 1.95 bits per heavy atom. The van der Waals surface area contributed by atoms with Gasteiger partial charge >= 0.3 is 0 Å². The zero-order valence-corrected chi connectivity index (χ0v) is 12.9. The minimum Gasteiger partial charge on any atom is -0.310 e. The van der Waals surface area contributed by atoms with Crippen LogP contribution in [0.2, 0.25) is 10.0 Å². The molecular formula is C17H17Cl2N. The maximum atomic E-state index is 6.40. The fourth-order valence-corrected chi connectivity index (χ4v) is 3.47. The predicted molar refractivity (Wildman–Crippen MR) is 85.8 cm³/mol. The summed E-state index contributed by atoms with van der Waals surface area (Å²) in [6.07, 6.45) is 1.09. The Bertz CT molecular complexity index is 624. The van der Waals surface area contributed by atoms with Crippen LogP contribution in [0.25, 0.3) is 0 Å². The first kappa shape index (κ1) is 13.9. The average Bonchev–Trinajstić information content (AvgIpc) is 2.42. The molecule has 0 spiro atoms. The van der Waals surface area contributed by atoms with Gasteiger partial charge in [-0.1, -0.05) is 66.5 Å². The zero-order valence-electron chi connectivity index (χ0n) is 11.4. The second kappa shape index (κ2) is 5.77. The van der Waals surface area contributed by atoms with Gasteiger partial charge in [0.05, 0.1) is 10.0 Å². The van der Waals surface area contributed by atoms with Gasteiger partial charge in [-0.2, -0.15) is 0 Å². The molecule has 20 heavy (non-hydrogen) atoms. The van der Waals surface area contributed by atoms with Gasteiger partial charge in [0.1, 0.15) is 0 Å². The van der Waals surface area contributed by atoms with E-state index < -0.39 is 0 Å². The summed E-state index contributed by atoms with van der Waals surface area (Å²) < 4.78 is 0. The number of halogens is 2. The quantitative estimate of drug-likeness (QED) is 0.839. The van der Waals surface area contributed by atoms with Gasteiger partial charge in [0.25, 0.3) is 0 Å². The topological polar surface area (TPSA) is 12.0 Å². The molecule has 0 amide bonds. The molecule has 2 aromatic carbocycles. The van der Waals surface area contributed by atoms with Crippen LogP contribution in [0.1, 0.15) is 35.6 Å². The van der Waals surface area contributed by atoms with Crippen molar-refractivity contribution < 1.29 is 0 Å². The molecule has 0 bridgehead atoms. The molecule has 1 aliphatic rings. The number of hydrogen-bond donors (Lipinski definition) is 1. The molecule has 0 aliphatic heterocycles. The molecule has 2 aromatic rings. The van der Waals surface area contributed by atoms with E-state index in [0.29, 0.717) is 16.0 Å². The first-order chi connectivity index (χ1) is 9.72. The monoisotopic (exact) mass is 305 g/mol. The number of likely N-dealkylation sites (N-methyl/N-ethyl adjacent to an activating group) is 1. The summed E-state index contributed by atoms with van der Waals surface area (Å²) in [5.74, 6) is 0.474. The first-order valence-corrected chi connectivity index (χ1v) is 7.73. The third-order valence-electron chi connectivity index (χ3n) is 4.04. The smallest absolute Gasteiger partial charge is 0.0640 e. The van der Waals surface area contributed by atoms with E-state index in [2.05, 4.69) is 42.6 Å². The average molecular weight is 306 g/mol. The van der Waals surface area contributed by atoms with E-state index in [-0.39, 0.29) is 6.04 Å². The molecule has 2 unspecified atom stereocenters. The van der Waals surface area contributed by atoms with Gasteiger partial charge in [0.2, 0.25) is 0 Å². The van der Waals surface area contributed by atoms with Crippen molar-refractivity contribution in [2.45, 2.75) is 25.3 Å². The Labute approximate surface area is 129 Å². The fourth-order valence-electron chi connectivity index (χ4n) is 3.04. The normalized spacial score (nSPS) is 18.2. The van der Waals surface area contributed by atoms with Crippen molar-refractivity contribution in [3.63, 3.8) is 0 Å². The van der Waals surface area contributed by atoms with Crippen molar-refractivity contribution in [2.75, 3.05) is 6.54 Å². The van der Waals surface area contributed by atoms with E-state index >= 15 is 0 Å². The van der Waals surface area contributed by atoms with Crippen molar-refractivity contribution in [3.8, 4) is 0 Å². The summed E-state index contributed by atoms with van der Waals surface area (Å²) in [5.41, 5.74) is 3.97. The van der Waals surface area contributed by atoms with E-state index in [1.54, 1.807) is 0 Å². The molecule has 0 saturated carbocycles. The lowest BCUT2D eigenvalue weighted by atomic mass is 9.71. The summed E-state index contributed by atoms with van der Waals surface area (Å²) in [7, 11) is 0. The Balaban J connectivity index is 1.97. The molecule has 2 atom stereocenters. The number of rotatable bonds is 4. The highest BCUT2D eigenvalue weighted by molar-refractivity contribution is 6.42. The van der Waals surface area contributed by atoms with Crippen molar-refractivity contribution in [1.29, 1.82) is 0 Å². The first-order valence-electron chi connectivity index (χ1n) is 6.97. The molecule has 0 saturated heterocycles. The third-order valence-corrected chi connectivity index (χ3v) is 4.87. The molecule has 0 aromatic heterocycles. The zero-order chi connectivity index (χ0) is 14.1. The summed E-state index contributed by atoms with van der Waals surface area (Å²) in [6.45, 7) is 3.03. The van der Waals surface area contributed by atoms with Crippen molar-refractivity contribution in [1.82, 2.24) is 5.32 Å². The van der Waals surface area contributed by atoms with Gasteiger partial charge in [0.15, 0.2) is 0 Å². The van der Waals surface area contributed by atoms with Crippen molar-refractivity contribution in [2.24, 2.45) is 0 Å². The maximum Gasteiger partial charge on any atom is 0.0640 e. The number of nitrogens with one attached hydrogen (secondary N) is 1. The van der Waals surface area contributed by atoms with Gasteiger partial charge in [0, 0.05) is 12.0 Å². The van der Waals surface area contributed by atoms with E-state index in [1.165, 1.54) is 11.1 Å². The second-order valence-corrected chi connectivity index (χ2v) is 5.97. The third kappa shape index (κ3) is 2.35. The molecule has 1 aliphatic carbocycles. The largest absolute Gasteiger partial charge is 0.310 e. The lowest BCUT2D eigenvalue weighted by Crippen LogP contribution is -2.33. The van der Waals surface area contributed by atoms with Crippen LogP contribution in [-0.2, 0) is 6.42 Å². The Kier molecular flexibility index (Phi) is 4.02. The minimum absolute atomic E-state index is 0.223. The van der Waals surface area contributed by atoms with Gasteiger partial charge < -0.3 is 5.32 Å². The molecule has 3 heteroatoms. The van der Waals surface area contributed by atoms with Gasteiger partial charge in [-0.15, -0.1) is 0 Å². The molecule has 0 heterocycles. The highest BCUT2D eigenvalue weighted by Crippen LogP contribution is 2.45.